The summed E-state index contributed by atoms with van der Waals surface area (Å²) in [6.45, 7) is 0. The average Bonchev–Trinajstić information content (AvgIpc) is 2.94. The second kappa shape index (κ2) is 5.52. The van der Waals surface area contributed by atoms with E-state index in [1.54, 1.807) is 6.07 Å². The number of aryl methyl sites for hydroxylation is 2. The molecule has 0 fully saturated rings. The van der Waals surface area contributed by atoms with E-state index in [0.717, 1.165) is 18.7 Å². The second-order valence-electron chi connectivity index (χ2n) is 5.45. The first kappa shape index (κ1) is 13.5. The van der Waals surface area contributed by atoms with Crippen LogP contribution in [-0.2, 0) is 12.8 Å². The van der Waals surface area contributed by atoms with Gasteiger partial charge in [0, 0.05) is 25.7 Å². The van der Waals surface area contributed by atoms with Crippen LogP contribution in [0.3, 0.4) is 0 Å². The number of benzene rings is 1. The van der Waals surface area contributed by atoms with Gasteiger partial charge in [-0.2, -0.15) is 0 Å². The summed E-state index contributed by atoms with van der Waals surface area (Å²) in [6, 6.07) is 7.69. The lowest BCUT2D eigenvalue weighted by molar-refractivity contribution is 0.102. The third kappa shape index (κ3) is 2.86. The number of rotatable bonds is 3. The Balaban J connectivity index is 1.78. The average molecular weight is 282 g/mol. The molecule has 1 N–H and O–H groups in total. The van der Waals surface area contributed by atoms with Gasteiger partial charge in [0.15, 0.2) is 0 Å². The molecule has 2 aromatic rings. The summed E-state index contributed by atoms with van der Waals surface area (Å²) in [5.41, 5.74) is 3.34. The largest absolute Gasteiger partial charge is 0.363 e. The van der Waals surface area contributed by atoms with Crippen molar-refractivity contribution in [1.29, 1.82) is 0 Å². The lowest BCUT2D eigenvalue weighted by atomic mass is 10.1. The molecule has 0 saturated carbocycles. The molecule has 1 aliphatic rings. The van der Waals surface area contributed by atoms with Crippen LogP contribution in [0.5, 0.6) is 0 Å². The molecule has 1 aliphatic carbocycles. The Hall–Kier alpha value is -2.43. The third-order valence-electron chi connectivity index (χ3n) is 3.71. The van der Waals surface area contributed by atoms with E-state index in [9.17, 15) is 4.79 Å². The fourth-order valence-corrected chi connectivity index (χ4v) is 2.56. The maximum atomic E-state index is 12.3. The number of hydrogen-bond donors (Lipinski definition) is 1. The summed E-state index contributed by atoms with van der Waals surface area (Å²) in [6.07, 6.45) is 4.82. The number of fused-ring (bicyclic) bond motifs is 1. The maximum Gasteiger partial charge on any atom is 0.256 e. The monoisotopic (exact) mass is 282 g/mol. The first-order valence-corrected chi connectivity index (χ1v) is 7.06. The van der Waals surface area contributed by atoms with E-state index in [4.69, 9.17) is 0 Å². The zero-order valence-electron chi connectivity index (χ0n) is 12.3. The van der Waals surface area contributed by atoms with Gasteiger partial charge in [0.2, 0.25) is 0 Å². The molecule has 0 bridgehead atoms. The van der Waals surface area contributed by atoms with Crippen LogP contribution in [0.1, 0.15) is 27.9 Å². The van der Waals surface area contributed by atoms with Gasteiger partial charge in [-0.05, 0) is 42.5 Å². The number of carbonyl (C=O) groups is 1. The molecular weight excluding hydrogens is 264 g/mol. The molecule has 108 valence electrons. The standard InChI is InChI=1S/C16H18N4O/c1-20(2)15-9-14(17-10-18-15)19-16(21)13-7-6-11-4-3-5-12(11)8-13/h6-10H,3-5H2,1-2H3,(H,17,18,19,21). The van der Waals surface area contributed by atoms with Crippen molar-refractivity contribution in [2.45, 2.75) is 19.3 Å². The van der Waals surface area contributed by atoms with Crippen molar-refractivity contribution in [3.05, 3.63) is 47.3 Å². The lowest BCUT2D eigenvalue weighted by Gasteiger charge is -2.12. The van der Waals surface area contributed by atoms with E-state index in [1.807, 2.05) is 31.1 Å². The van der Waals surface area contributed by atoms with E-state index in [2.05, 4.69) is 21.4 Å². The highest BCUT2D eigenvalue weighted by atomic mass is 16.1. The molecule has 0 aliphatic heterocycles. The molecule has 0 spiro atoms. The van der Waals surface area contributed by atoms with Crippen LogP contribution >= 0.6 is 0 Å². The van der Waals surface area contributed by atoms with Gasteiger partial charge in [-0.25, -0.2) is 9.97 Å². The molecule has 0 radical (unpaired) electrons. The molecule has 1 heterocycles. The quantitative estimate of drug-likeness (QED) is 0.938. The van der Waals surface area contributed by atoms with Gasteiger partial charge in [-0.1, -0.05) is 6.07 Å². The molecule has 1 amide bonds. The minimum absolute atomic E-state index is 0.131. The highest BCUT2D eigenvalue weighted by molar-refractivity contribution is 6.04. The lowest BCUT2D eigenvalue weighted by Crippen LogP contribution is -2.15. The predicted octanol–water partition coefficient (Wildman–Crippen LogP) is 2.28. The number of aromatic nitrogens is 2. The Morgan fingerprint density at radius 2 is 1.95 bits per heavy atom. The van der Waals surface area contributed by atoms with Gasteiger partial charge in [0.05, 0.1) is 0 Å². The van der Waals surface area contributed by atoms with Crippen molar-refractivity contribution >= 4 is 17.5 Å². The van der Waals surface area contributed by atoms with Crippen molar-refractivity contribution < 1.29 is 4.79 Å². The Morgan fingerprint density at radius 3 is 2.76 bits per heavy atom. The van der Waals surface area contributed by atoms with Gasteiger partial charge in [-0.15, -0.1) is 0 Å². The van der Waals surface area contributed by atoms with Crippen LogP contribution in [-0.4, -0.2) is 30.0 Å². The second-order valence-corrected chi connectivity index (χ2v) is 5.45. The Morgan fingerprint density at radius 1 is 1.14 bits per heavy atom. The summed E-state index contributed by atoms with van der Waals surface area (Å²) in [4.78, 5) is 22.4. The Labute approximate surface area is 124 Å². The molecule has 0 atom stereocenters. The van der Waals surface area contributed by atoms with Gasteiger partial charge in [0.25, 0.3) is 5.91 Å². The molecule has 1 aromatic carbocycles. The normalized spacial score (nSPS) is 12.9. The van der Waals surface area contributed by atoms with Gasteiger partial charge < -0.3 is 10.2 Å². The fraction of sp³-hybridized carbons (Fsp3) is 0.312. The molecule has 3 rings (SSSR count). The van der Waals surface area contributed by atoms with Crippen molar-refractivity contribution in [1.82, 2.24) is 9.97 Å². The summed E-state index contributed by atoms with van der Waals surface area (Å²) >= 11 is 0. The number of nitrogens with zero attached hydrogens (tertiary/aromatic N) is 3. The van der Waals surface area contributed by atoms with Crippen LogP contribution in [0.4, 0.5) is 11.6 Å². The molecule has 5 nitrogen and oxygen atoms in total. The topological polar surface area (TPSA) is 58.1 Å². The van der Waals surface area contributed by atoms with Crippen LogP contribution in [0.2, 0.25) is 0 Å². The zero-order valence-corrected chi connectivity index (χ0v) is 12.3. The van der Waals surface area contributed by atoms with Crippen molar-refractivity contribution in [2.75, 3.05) is 24.3 Å². The van der Waals surface area contributed by atoms with Gasteiger partial charge >= 0.3 is 0 Å². The Kier molecular flexibility index (Phi) is 3.56. The minimum Gasteiger partial charge on any atom is -0.363 e. The number of nitrogens with one attached hydrogen (secondary N) is 1. The highest BCUT2D eigenvalue weighted by Crippen LogP contribution is 2.23. The van der Waals surface area contributed by atoms with Crippen LogP contribution in [0.25, 0.3) is 0 Å². The smallest absolute Gasteiger partial charge is 0.256 e. The number of amides is 1. The van der Waals surface area contributed by atoms with Crippen LogP contribution < -0.4 is 10.2 Å². The molecule has 0 unspecified atom stereocenters. The van der Waals surface area contributed by atoms with Crippen molar-refractivity contribution in [2.24, 2.45) is 0 Å². The Bertz CT molecular complexity index is 682. The van der Waals surface area contributed by atoms with E-state index >= 15 is 0 Å². The minimum atomic E-state index is -0.131. The molecular formula is C16H18N4O. The maximum absolute atomic E-state index is 12.3. The van der Waals surface area contributed by atoms with Gasteiger partial charge in [0.1, 0.15) is 18.0 Å². The number of anilines is 2. The number of hydrogen-bond acceptors (Lipinski definition) is 4. The first-order chi connectivity index (χ1) is 10.1. The fourth-order valence-electron chi connectivity index (χ4n) is 2.56. The van der Waals surface area contributed by atoms with E-state index < -0.39 is 0 Å². The molecule has 1 aromatic heterocycles. The van der Waals surface area contributed by atoms with Crippen LogP contribution in [0, 0.1) is 0 Å². The molecule has 5 heteroatoms. The van der Waals surface area contributed by atoms with Crippen LogP contribution in [0.15, 0.2) is 30.6 Å². The first-order valence-electron chi connectivity index (χ1n) is 7.06. The SMILES string of the molecule is CN(C)c1cc(NC(=O)c2ccc3c(c2)CCC3)ncn1. The van der Waals surface area contributed by atoms with Gasteiger partial charge in [-0.3, -0.25) is 4.79 Å². The molecule has 0 saturated heterocycles. The molecule has 21 heavy (non-hydrogen) atoms. The van der Waals surface area contributed by atoms with Crippen molar-refractivity contribution in [3.63, 3.8) is 0 Å². The number of carbonyl (C=O) groups excluding carboxylic acids is 1. The highest BCUT2D eigenvalue weighted by Gasteiger charge is 2.14. The summed E-state index contributed by atoms with van der Waals surface area (Å²) in [5, 5.41) is 2.83. The zero-order chi connectivity index (χ0) is 14.8. The van der Waals surface area contributed by atoms with E-state index in [1.165, 1.54) is 23.9 Å². The predicted molar refractivity (Wildman–Crippen MR) is 82.8 cm³/mol. The summed E-state index contributed by atoms with van der Waals surface area (Å²) in [7, 11) is 3.79. The van der Waals surface area contributed by atoms with Crippen molar-refractivity contribution in [3.8, 4) is 0 Å². The van der Waals surface area contributed by atoms with E-state index in [0.29, 0.717) is 11.4 Å². The summed E-state index contributed by atoms with van der Waals surface area (Å²) in [5.74, 6) is 1.14. The third-order valence-corrected chi connectivity index (χ3v) is 3.71. The van der Waals surface area contributed by atoms with E-state index in [-0.39, 0.29) is 5.91 Å². The summed E-state index contributed by atoms with van der Waals surface area (Å²) < 4.78 is 0.